The summed E-state index contributed by atoms with van der Waals surface area (Å²) in [7, 11) is 0. The van der Waals surface area contributed by atoms with Gasteiger partial charge >= 0.3 is 0 Å². The Kier molecular flexibility index (Phi) is 7.52. The molecule has 0 spiro atoms. The quantitative estimate of drug-likeness (QED) is 0.328. The van der Waals surface area contributed by atoms with E-state index >= 15 is 0 Å². The Bertz CT molecular complexity index is 35.4. The van der Waals surface area contributed by atoms with Crippen molar-refractivity contribution >= 4 is 11.8 Å². The van der Waals surface area contributed by atoms with E-state index in [-0.39, 0.29) is 0 Å². The fraction of sp³-hybridized carbons (Fsp3) is 1.00. The molecule has 50 valence electrons. The molecule has 2 nitrogen and oxygen atoms in total. The summed E-state index contributed by atoms with van der Waals surface area (Å²) in [5.74, 6) is 6.31. The second-order valence-corrected chi connectivity index (χ2v) is 2.64. The van der Waals surface area contributed by atoms with Gasteiger partial charge in [0.1, 0.15) is 0 Å². The standard InChI is InChI=1S/C5H14N2S/c1-8-5-3-2-4-7-6/h7H,2-6H2,1H3. The summed E-state index contributed by atoms with van der Waals surface area (Å²) in [5.41, 5.74) is 2.62. The van der Waals surface area contributed by atoms with Crippen LogP contribution in [0, 0.1) is 0 Å². The molecule has 0 aliphatic heterocycles. The van der Waals surface area contributed by atoms with Crippen molar-refractivity contribution < 1.29 is 0 Å². The Morgan fingerprint density at radius 3 is 2.75 bits per heavy atom. The molecule has 0 atom stereocenters. The van der Waals surface area contributed by atoms with Crippen LogP contribution in [0.25, 0.3) is 0 Å². The second-order valence-electron chi connectivity index (χ2n) is 1.65. The van der Waals surface area contributed by atoms with Crippen LogP contribution in [-0.2, 0) is 0 Å². The van der Waals surface area contributed by atoms with Gasteiger partial charge in [-0.3, -0.25) is 11.3 Å². The lowest BCUT2D eigenvalue weighted by Crippen LogP contribution is -2.22. The van der Waals surface area contributed by atoms with E-state index in [0.29, 0.717) is 0 Å². The smallest absolute Gasteiger partial charge is 0.00976 e. The van der Waals surface area contributed by atoms with Crippen molar-refractivity contribution in [3.05, 3.63) is 0 Å². The largest absolute Gasteiger partial charge is 0.271 e. The fourth-order valence-corrected chi connectivity index (χ4v) is 0.966. The van der Waals surface area contributed by atoms with Gasteiger partial charge in [0.25, 0.3) is 0 Å². The van der Waals surface area contributed by atoms with Crippen molar-refractivity contribution in [2.75, 3.05) is 18.6 Å². The van der Waals surface area contributed by atoms with Gasteiger partial charge in [-0.15, -0.1) is 0 Å². The van der Waals surface area contributed by atoms with Gasteiger partial charge < -0.3 is 0 Å². The zero-order chi connectivity index (χ0) is 6.24. The molecule has 0 unspecified atom stereocenters. The minimum absolute atomic E-state index is 0.945. The third-order valence-corrected chi connectivity index (χ3v) is 1.62. The van der Waals surface area contributed by atoms with Crippen molar-refractivity contribution in [1.29, 1.82) is 0 Å². The minimum Gasteiger partial charge on any atom is -0.271 e. The van der Waals surface area contributed by atoms with E-state index < -0.39 is 0 Å². The highest BCUT2D eigenvalue weighted by Gasteiger charge is 1.83. The summed E-state index contributed by atoms with van der Waals surface area (Å²) in [6, 6.07) is 0. The maximum absolute atomic E-state index is 5.05. The van der Waals surface area contributed by atoms with Crippen molar-refractivity contribution in [3.63, 3.8) is 0 Å². The minimum atomic E-state index is 0.945. The van der Waals surface area contributed by atoms with Crippen LogP contribution in [-0.4, -0.2) is 18.6 Å². The first-order chi connectivity index (χ1) is 3.91. The third kappa shape index (κ3) is 6.27. The van der Waals surface area contributed by atoms with Crippen molar-refractivity contribution in [2.24, 2.45) is 5.84 Å². The Morgan fingerprint density at radius 2 is 2.25 bits per heavy atom. The molecule has 0 aromatic rings. The lowest BCUT2D eigenvalue weighted by Gasteiger charge is -1.95. The molecule has 0 aliphatic carbocycles. The van der Waals surface area contributed by atoms with E-state index in [0.717, 1.165) is 6.54 Å². The molecular weight excluding hydrogens is 120 g/mol. The van der Waals surface area contributed by atoms with Gasteiger partial charge in [-0.05, 0) is 24.9 Å². The van der Waals surface area contributed by atoms with Crippen molar-refractivity contribution in [2.45, 2.75) is 12.8 Å². The zero-order valence-corrected chi connectivity index (χ0v) is 6.13. The Labute approximate surface area is 55.2 Å². The van der Waals surface area contributed by atoms with E-state index in [4.69, 9.17) is 5.84 Å². The fourth-order valence-electron chi connectivity index (χ4n) is 0.473. The maximum Gasteiger partial charge on any atom is 0.00976 e. The maximum atomic E-state index is 5.05. The van der Waals surface area contributed by atoms with Gasteiger partial charge in [-0.25, -0.2) is 0 Å². The number of hydrazine groups is 1. The number of nitrogens with one attached hydrogen (secondary N) is 1. The molecule has 0 saturated carbocycles. The van der Waals surface area contributed by atoms with Crippen molar-refractivity contribution in [1.82, 2.24) is 5.43 Å². The summed E-state index contributed by atoms with van der Waals surface area (Å²) in [6.45, 7) is 0.945. The molecule has 3 heteroatoms. The van der Waals surface area contributed by atoms with Gasteiger partial charge in [0.2, 0.25) is 0 Å². The number of nitrogens with two attached hydrogens (primary N) is 1. The van der Waals surface area contributed by atoms with Gasteiger partial charge in [0, 0.05) is 6.54 Å². The Balaban J connectivity index is 2.53. The van der Waals surface area contributed by atoms with Crippen LogP contribution in [0.5, 0.6) is 0 Å². The number of hydrogen-bond donors (Lipinski definition) is 2. The number of thioether (sulfide) groups is 1. The van der Waals surface area contributed by atoms with Gasteiger partial charge in [-0.2, -0.15) is 11.8 Å². The highest BCUT2D eigenvalue weighted by molar-refractivity contribution is 7.98. The first kappa shape index (κ1) is 8.27. The molecule has 3 N–H and O–H groups in total. The summed E-state index contributed by atoms with van der Waals surface area (Å²) < 4.78 is 0. The van der Waals surface area contributed by atoms with Crippen molar-refractivity contribution in [3.8, 4) is 0 Å². The second kappa shape index (κ2) is 7.27. The summed E-state index contributed by atoms with van der Waals surface area (Å²) >= 11 is 1.88. The lowest BCUT2D eigenvalue weighted by molar-refractivity contribution is 0.672. The van der Waals surface area contributed by atoms with E-state index in [9.17, 15) is 0 Å². The first-order valence-electron chi connectivity index (χ1n) is 2.84. The van der Waals surface area contributed by atoms with Crippen LogP contribution >= 0.6 is 11.8 Å². The Hall–Kier alpha value is 0.270. The van der Waals surface area contributed by atoms with Crippen LogP contribution in [0.3, 0.4) is 0 Å². The van der Waals surface area contributed by atoms with Crippen LogP contribution in [0.4, 0.5) is 0 Å². The molecule has 0 amide bonds. The van der Waals surface area contributed by atoms with E-state index in [1.54, 1.807) is 0 Å². The lowest BCUT2D eigenvalue weighted by atomic mass is 10.3. The summed E-state index contributed by atoms with van der Waals surface area (Å²) in [5, 5.41) is 0. The Morgan fingerprint density at radius 1 is 1.50 bits per heavy atom. The van der Waals surface area contributed by atoms with E-state index in [2.05, 4.69) is 11.7 Å². The molecule has 0 fully saturated rings. The number of rotatable bonds is 5. The third-order valence-electron chi connectivity index (χ3n) is 0.920. The topological polar surface area (TPSA) is 38.0 Å². The molecule has 0 bridgehead atoms. The highest BCUT2D eigenvalue weighted by atomic mass is 32.2. The molecular formula is C5H14N2S. The molecule has 0 aromatic heterocycles. The molecule has 0 rings (SSSR count). The number of unbranched alkanes of at least 4 members (excludes halogenated alkanes) is 1. The van der Waals surface area contributed by atoms with Gasteiger partial charge in [0.15, 0.2) is 0 Å². The SMILES string of the molecule is CSCCCCNN. The van der Waals surface area contributed by atoms with E-state index in [1.165, 1.54) is 18.6 Å². The van der Waals surface area contributed by atoms with Crippen LogP contribution in [0.2, 0.25) is 0 Å². The van der Waals surface area contributed by atoms with Crippen LogP contribution in [0.1, 0.15) is 12.8 Å². The average molecular weight is 134 g/mol. The molecule has 0 heterocycles. The summed E-state index contributed by atoms with van der Waals surface area (Å²) in [6.07, 6.45) is 4.58. The van der Waals surface area contributed by atoms with E-state index in [1.807, 2.05) is 11.8 Å². The highest BCUT2D eigenvalue weighted by Crippen LogP contribution is 1.96. The molecule has 0 aliphatic rings. The van der Waals surface area contributed by atoms with Gasteiger partial charge in [-0.1, -0.05) is 0 Å². The molecule has 8 heavy (non-hydrogen) atoms. The number of hydrogen-bond acceptors (Lipinski definition) is 3. The molecule has 0 aromatic carbocycles. The monoisotopic (exact) mass is 134 g/mol. The molecule has 0 saturated heterocycles. The molecule has 0 radical (unpaired) electrons. The predicted molar refractivity (Wildman–Crippen MR) is 39.8 cm³/mol. The van der Waals surface area contributed by atoms with Gasteiger partial charge in [0.05, 0.1) is 0 Å². The summed E-state index contributed by atoms with van der Waals surface area (Å²) in [4.78, 5) is 0. The zero-order valence-electron chi connectivity index (χ0n) is 5.31. The normalized spacial score (nSPS) is 9.75. The first-order valence-corrected chi connectivity index (χ1v) is 4.23. The van der Waals surface area contributed by atoms with Crippen LogP contribution in [0.15, 0.2) is 0 Å². The predicted octanol–water partition coefficient (Wildman–Crippen LogP) is 0.593. The average Bonchev–Trinajstić information content (AvgIpc) is 1.81. The van der Waals surface area contributed by atoms with Crippen LogP contribution < -0.4 is 11.3 Å².